The van der Waals surface area contributed by atoms with Crippen LogP contribution >= 0.6 is 0 Å². The van der Waals surface area contributed by atoms with Crippen LogP contribution in [-0.2, 0) is 14.2 Å². The topological polar surface area (TPSA) is 78.9 Å². The van der Waals surface area contributed by atoms with Crippen molar-refractivity contribution in [1.82, 2.24) is 0 Å². The molecule has 0 saturated heterocycles. The smallest absolute Gasteiger partial charge is 0.418 e. The monoisotopic (exact) mass is 248 g/mol. The maximum absolute atomic E-state index is 11.4. The highest BCUT2D eigenvalue weighted by molar-refractivity contribution is 7.25. The van der Waals surface area contributed by atoms with Crippen LogP contribution in [0.25, 0.3) is 0 Å². The van der Waals surface area contributed by atoms with E-state index in [1.165, 1.54) is 0 Å². The summed E-state index contributed by atoms with van der Waals surface area (Å²) >= 11 is 0. The van der Waals surface area contributed by atoms with Crippen LogP contribution in [0.5, 0.6) is 0 Å². The second-order valence-corrected chi connectivity index (χ2v) is 4.97. The summed E-state index contributed by atoms with van der Waals surface area (Å²) in [6, 6.07) is 0. The van der Waals surface area contributed by atoms with Gasteiger partial charge >= 0.3 is 8.80 Å². The van der Waals surface area contributed by atoms with Gasteiger partial charge in [0.1, 0.15) is 0 Å². The quantitative estimate of drug-likeness (QED) is 0.522. The zero-order chi connectivity index (χ0) is 12.6. The molecule has 6 nitrogen and oxygen atoms in total. The first-order valence-electron chi connectivity index (χ1n) is 5.08. The van der Waals surface area contributed by atoms with Crippen LogP contribution in [-0.4, -0.2) is 45.4 Å². The molecule has 0 fully saturated rings. The number of hydrogen-bond donors (Lipinski definition) is 0. The Hall–Kier alpha value is -1.37. The van der Waals surface area contributed by atoms with Gasteiger partial charge in [0.2, 0.25) is 0 Å². The Labute approximate surface area is 95.5 Å². The van der Waals surface area contributed by atoms with E-state index in [4.69, 9.17) is 0 Å². The third-order valence-corrected chi connectivity index (χ3v) is 3.48. The van der Waals surface area contributed by atoms with E-state index >= 15 is 0 Å². The lowest BCUT2D eigenvalue weighted by atomic mass is 10.9. The van der Waals surface area contributed by atoms with Gasteiger partial charge in [-0.25, -0.2) is 0 Å². The first kappa shape index (κ1) is 14.6. The van der Waals surface area contributed by atoms with E-state index in [9.17, 15) is 14.4 Å². The molecule has 7 heteroatoms. The average molecular weight is 248 g/mol. The van der Waals surface area contributed by atoms with Crippen LogP contribution in [0.4, 0.5) is 14.4 Å². The fraction of sp³-hybridized carbons (Fsp3) is 0.667. The molecule has 0 atom stereocenters. The van der Waals surface area contributed by atoms with Gasteiger partial charge in [0.05, 0.1) is 19.8 Å². The van der Waals surface area contributed by atoms with Crippen molar-refractivity contribution in [3.63, 3.8) is 0 Å². The lowest BCUT2D eigenvalue weighted by Gasteiger charge is -2.11. The third-order valence-electron chi connectivity index (χ3n) is 1.57. The first-order chi connectivity index (χ1) is 7.58. The van der Waals surface area contributed by atoms with Crippen LogP contribution in [0, 0.1) is 0 Å². The predicted octanol–water partition coefficient (Wildman–Crippen LogP) is 1.43. The lowest BCUT2D eigenvalue weighted by molar-refractivity contribution is 0.161. The molecule has 0 heterocycles. The van der Waals surface area contributed by atoms with Crippen molar-refractivity contribution in [3.8, 4) is 0 Å². The van der Waals surface area contributed by atoms with Gasteiger partial charge in [-0.3, -0.25) is 14.4 Å². The lowest BCUT2D eigenvalue weighted by Crippen LogP contribution is -2.44. The molecule has 0 saturated carbocycles. The van der Waals surface area contributed by atoms with Crippen molar-refractivity contribution < 1.29 is 28.6 Å². The number of ether oxygens (including phenoxy) is 3. The first-order valence-corrected chi connectivity index (χ1v) is 6.81. The van der Waals surface area contributed by atoms with Crippen LogP contribution in [0.3, 0.4) is 0 Å². The predicted molar refractivity (Wildman–Crippen MR) is 58.2 cm³/mol. The zero-order valence-electron chi connectivity index (χ0n) is 9.65. The van der Waals surface area contributed by atoms with Crippen LogP contribution < -0.4 is 0 Å². The molecule has 0 unspecified atom stereocenters. The number of rotatable bonds is 6. The molecule has 92 valence electrons. The molecule has 0 aliphatic heterocycles. The summed E-state index contributed by atoms with van der Waals surface area (Å²) in [7, 11) is -3.15. The molecule has 0 aromatic rings. The Morgan fingerprint density at radius 1 is 0.750 bits per heavy atom. The van der Waals surface area contributed by atoms with E-state index in [0.29, 0.717) is 0 Å². The van der Waals surface area contributed by atoms with Gasteiger partial charge in [0, 0.05) is 0 Å². The summed E-state index contributed by atoms with van der Waals surface area (Å²) in [6.07, 6.45) is 0. The summed E-state index contributed by atoms with van der Waals surface area (Å²) < 4.78 is 14.0. The second-order valence-electron chi connectivity index (χ2n) is 2.69. The molecular formula is C9H16O6Si. The standard InChI is InChI=1S/C9H16O6Si/c1-4-13-7(10)16(8(11)14-5-2)9(12)15-6-3/h16H,4-6H2,1-3H3. The molecule has 0 rings (SSSR count). The SMILES string of the molecule is CCOC(=O)[SiH](C(=O)OCC)C(=O)OCC. The Bertz CT molecular complexity index is 222. The molecule has 0 amide bonds. The minimum atomic E-state index is -3.15. The van der Waals surface area contributed by atoms with Gasteiger partial charge in [0.15, 0.2) is 0 Å². The van der Waals surface area contributed by atoms with Gasteiger partial charge in [-0.2, -0.15) is 0 Å². The molecule has 0 bridgehead atoms. The molecular weight excluding hydrogens is 232 g/mol. The fourth-order valence-electron chi connectivity index (χ4n) is 0.965. The Morgan fingerprint density at radius 2 is 1.00 bits per heavy atom. The van der Waals surface area contributed by atoms with E-state index in [-0.39, 0.29) is 19.8 Å². The summed E-state index contributed by atoms with van der Waals surface area (Å²) in [5, 5.41) is 0. The van der Waals surface area contributed by atoms with Crippen molar-refractivity contribution in [1.29, 1.82) is 0 Å². The molecule has 16 heavy (non-hydrogen) atoms. The molecule has 0 radical (unpaired) electrons. The van der Waals surface area contributed by atoms with Gasteiger partial charge in [-0.15, -0.1) is 0 Å². The summed E-state index contributed by atoms with van der Waals surface area (Å²) in [6.45, 7) is 5.13. The maximum Gasteiger partial charge on any atom is 0.418 e. The maximum atomic E-state index is 11.4. The Balaban J connectivity index is 4.68. The average Bonchev–Trinajstić information content (AvgIpc) is 2.19. The Kier molecular flexibility index (Phi) is 7.18. The molecule has 0 aromatic carbocycles. The molecule has 0 N–H and O–H groups in total. The molecule has 0 aliphatic rings. The van der Waals surface area contributed by atoms with E-state index in [2.05, 4.69) is 14.2 Å². The molecule has 0 aliphatic carbocycles. The summed E-state index contributed by atoms with van der Waals surface area (Å²) in [5.74, 6) is 0. The minimum Gasteiger partial charge on any atom is -0.470 e. The van der Waals surface area contributed by atoms with Gasteiger partial charge < -0.3 is 14.2 Å². The van der Waals surface area contributed by atoms with E-state index in [0.717, 1.165) is 0 Å². The van der Waals surface area contributed by atoms with Gasteiger partial charge in [-0.05, 0) is 20.8 Å². The van der Waals surface area contributed by atoms with Crippen LogP contribution in [0.2, 0.25) is 0 Å². The van der Waals surface area contributed by atoms with E-state index in [1.807, 2.05) is 0 Å². The van der Waals surface area contributed by atoms with Crippen molar-refractivity contribution in [2.24, 2.45) is 0 Å². The van der Waals surface area contributed by atoms with Crippen molar-refractivity contribution in [3.05, 3.63) is 0 Å². The van der Waals surface area contributed by atoms with Crippen molar-refractivity contribution >= 4 is 25.6 Å². The number of carbonyl (C=O) groups is 3. The number of hydrogen-bond acceptors (Lipinski definition) is 6. The number of carbonyl (C=O) groups excluding carboxylic acids is 3. The minimum absolute atomic E-state index is 0.112. The fourth-order valence-corrected chi connectivity index (χ4v) is 2.54. The second kappa shape index (κ2) is 7.86. The highest BCUT2D eigenvalue weighted by Crippen LogP contribution is 2.01. The van der Waals surface area contributed by atoms with Gasteiger partial charge in [0.25, 0.3) is 16.8 Å². The molecule has 0 spiro atoms. The van der Waals surface area contributed by atoms with E-state index in [1.54, 1.807) is 20.8 Å². The zero-order valence-corrected chi connectivity index (χ0v) is 10.8. The third kappa shape index (κ3) is 4.43. The molecule has 0 aromatic heterocycles. The summed E-state index contributed by atoms with van der Waals surface area (Å²) in [4.78, 5) is 34.2. The normalized spacial score (nSPS) is 9.75. The van der Waals surface area contributed by atoms with Crippen molar-refractivity contribution in [2.45, 2.75) is 20.8 Å². The highest BCUT2D eigenvalue weighted by Gasteiger charge is 2.42. The van der Waals surface area contributed by atoms with Gasteiger partial charge in [-0.1, -0.05) is 0 Å². The van der Waals surface area contributed by atoms with Crippen LogP contribution in [0.15, 0.2) is 0 Å². The van der Waals surface area contributed by atoms with E-state index < -0.39 is 25.6 Å². The summed E-state index contributed by atoms with van der Waals surface area (Å²) in [5.41, 5.74) is -2.42. The highest BCUT2D eigenvalue weighted by atomic mass is 28.3. The van der Waals surface area contributed by atoms with Crippen molar-refractivity contribution in [2.75, 3.05) is 19.8 Å². The Morgan fingerprint density at radius 3 is 1.19 bits per heavy atom. The van der Waals surface area contributed by atoms with Crippen LogP contribution in [0.1, 0.15) is 20.8 Å². The largest absolute Gasteiger partial charge is 0.470 e.